The third-order valence-corrected chi connectivity index (χ3v) is 4.42. The first-order valence-electron chi connectivity index (χ1n) is 7.21. The van der Waals surface area contributed by atoms with Gasteiger partial charge in [-0.3, -0.25) is 0 Å². The van der Waals surface area contributed by atoms with Crippen molar-refractivity contribution in [1.29, 1.82) is 0 Å². The van der Waals surface area contributed by atoms with Crippen LogP contribution in [0.4, 0.5) is 0 Å². The zero-order valence-corrected chi connectivity index (χ0v) is 12.2. The van der Waals surface area contributed by atoms with Crippen molar-refractivity contribution < 1.29 is 4.74 Å². The molecular formula is C15H29NO. The van der Waals surface area contributed by atoms with Crippen LogP contribution >= 0.6 is 0 Å². The molecule has 0 aromatic rings. The largest absolute Gasteiger partial charge is 0.372 e. The Hall–Kier alpha value is -0.0800. The maximum atomic E-state index is 6.32. The SMILES string of the molecule is CC1CC(C)CC2(C1)OCCNC2C(C)(C)C. The molecule has 2 aliphatic rings. The van der Waals surface area contributed by atoms with Crippen LogP contribution in [0.25, 0.3) is 0 Å². The number of morpholine rings is 1. The second-order valence-electron chi connectivity index (χ2n) is 7.52. The van der Waals surface area contributed by atoms with E-state index in [1.807, 2.05) is 0 Å². The Morgan fingerprint density at radius 3 is 2.24 bits per heavy atom. The van der Waals surface area contributed by atoms with Crippen molar-refractivity contribution in [2.24, 2.45) is 17.3 Å². The topological polar surface area (TPSA) is 21.3 Å². The summed E-state index contributed by atoms with van der Waals surface area (Å²) in [5.74, 6) is 1.59. The predicted molar refractivity (Wildman–Crippen MR) is 72.1 cm³/mol. The van der Waals surface area contributed by atoms with Gasteiger partial charge in [-0.05, 0) is 36.5 Å². The molecule has 2 heteroatoms. The maximum absolute atomic E-state index is 6.32. The van der Waals surface area contributed by atoms with Crippen LogP contribution < -0.4 is 5.32 Å². The Morgan fingerprint density at radius 1 is 1.12 bits per heavy atom. The normalized spacial score (nSPS) is 43.9. The first-order valence-corrected chi connectivity index (χ1v) is 7.21. The summed E-state index contributed by atoms with van der Waals surface area (Å²) in [4.78, 5) is 0. The second kappa shape index (κ2) is 4.55. The van der Waals surface area contributed by atoms with E-state index in [9.17, 15) is 0 Å². The molecule has 1 aliphatic carbocycles. The second-order valence-corrected chi connectivity index (χ2v) is 7.52. The van der Waals surface area contributed by atoms with Crippen molar-refractivity contribution in [3.05, 3.63) is 0 Å². The van der Waals surface area contributed by atoms with E-state index in [2.05, 4.69) is 39.9 Å². The van der Waals surface area contributed by atoms with Crippen molar-refractivity contribution in [1.82, 2.24) is 5.32 Å². The average molecular weight is 239 g/mol. The fourth-order valence-electron chi connectivity index (χ4n) is 4.29. The fraction of sp³-hybridized carbons (Fsp3) is 1.00. The number of rotatable bonds is 0. The van der Waals surface area contributed by atoms with Crippen LogP contribution in [0.1, 0.15) is 53.9 Å². The minimum absolute atomic E-state index is 0.0909. The van der Waals surface area contributed by atoms with Gasteiger partial charge in [-0.2, -0.15) is 0 Å². The zero-order chi connectivity index (χ0) is 12.7. The van der Waals surface area contributed by atoms with Crippen molar-refractivity contribution in [2.45, 2.75) is 65.5 Å². The van der Waals surface area contributed by atoms with Gasteiger partial charge in [0, 0.05) is 12.6 Å². The lowest BCUT2D eigenvalue weighted by Gasteiger charge is -2.54. The number of hydrogen-bond donors (Lipinski definition) is 1. The molecule has 2 nitrogen and oxygen atoms in total. The molecule has 0 amide bonds. The lowest BCUT2D eigenvalue weighted by Crippen LogP contribution is -2.65. The molecule has 2 fully saturated rings. The van der Waals surface area contributed by atoms with Gasteiger partial charge in [0.15, 0.2) is 0 Å². The Morgan fingerprint density at radius 2 is 1.71 bits per heavy atom. The number of hydrogen-bond acceptors (Lipinski definition) is 2. The van der Waals surface area contributed by atoms with Gasteiger partial charge in [0.1, 0.15) is 0 Å². The van der Waals surface area contributed by atoms with Crippen LogP contribution in [-0.2, 0) is 4.74 Å². The predicted octanol–water partition coefficient (Wildman–Crippen LogP) is 3.22. The van der Waals surface area contributed by atoms with Gasteiger partial charge in [0.25, 0.3) is 0 Å². The number of nitrogens with one attached hydrogen (secondary N) is 1. The zero-order valence-electron chi connectivity index (χ0n) is 12.2. The third-order valence-electron chi connectivity index (χ3n) is 4.42. The van der Waals surface area contributed by atoms with E-state index < -0.39 is 0 Å². The van der Waals surface area contributed by atoms with Gasteiger partial charge < -0.3 is 10.1 Å². The third kappa shape index (κ3) is 2.68. The molecule has 17 heavy (non-hydrogen) atoms. The summed E-state index contributed by atoms with van der Waals surface area (Å²) in [5.41, 5.74) is 0.366. The minimum Gasteiger partial charge on any atom is -0.372 e. The first-order chi connectivity index (χ1) is 7.83. The van der Waals surface area contributed by atoms with Crippen LogP contribution in [0.5, 0.6) is 0 Å². The van der Waals surface area contributed by atoms with E-state index >= 15 is 0 Å². The molecule has 100 valence electrons. The molecule has 0 aromatic heterocycles. The van der Waals surface area contributed by atoms with Crippen LogP contribution in [0.15, 0.2) is 0 Å². The van der Waals surface area contributed by atoms with Gasteiger partial charge in [-0.1, -0.05) is 34.6 Å². The highest BCUT2D eigenvalue weighted by Crippen LogP contribution is 2.45. The Bertz CT molecular complexity index is 259. The van der Waals surface area contributed by atoms with E-state index in [0.717, 1.165) is 25.0 Å². The van der Waals surface area contributed by atoms with E-state index in [1.165, 1.54) is 19.3 Å². The molecule has 0 bridgehead atoms. The van der Waals surface area contributed by atoms with Gasteiger partial charge in [-0.25, -0.2) is 0 Å². The van der Waals surface area contributed by atoms with Crippen LogP contribution in [-0.4, -0.2) is 24.8 Å². The smallest absolute Gasteiger partial charge is 0.0845 e. The minimum atomic E-state index is 0.0909. The maximum Gasteiger partial charge on any atom is 0.0845 e. The fourth-order valence-corrected chi connectivity index (χ4v) is 4.29. The van der Waals surface area contributed by atoms with Gasteiger partial charge >= 0.3 is 0 Å². The molecule has 0 aromatic carbocycles. The molecule has 0 radical (unpaired) electrons. The standard InChI is InChI=1S/C15H29NO/c1-11-8-12(2)10-15(9-11)13(14(3,4)5)16-6-7-17-15/h11-13,16H,6-10H2,1-5H3. The Balaban J connectivity index is 2.24. The summed E-state index contributed by atoms with van der Waals surface area (Å²) in [6.07, 6.45) is 3.82. The Labute approximate surface area is 107 Å². The van der Waals surface area contributed by atoms with E-state index in [-0.39, 0.29) is 11.0 Å². The van der Waals surface area contributed by atoms with E-state index in [0.29, 0.717) is 6.04 Å². The molecular weight excluding hydrogens is 210 g/mol. The quantitative estimate of drug-likeness (QED) is 0.701. The molecule has 3 unspecified atom stereocenters. The van der Waals surface area contributed by atoms with Crippen molar-refractivity contribution >= 4 is 0 Å². The van der Waals surface area contributed by atoms with Gasteiger partial charge in [-0.15, -0.1) is 0 Å². The molecule has 1 aliphatic heterocycles. The summed E-state index contributed by atoms with van der Waals surface area (Å²) < 4.78 is 6.32. The van der Waals surface area contributed by atoms with Crippen molar-refractivity contribution in [3.63, 3.8) is 0 Å². The molecule has 1 saturated heterocycles. The highest BCUT2D eigenvalue weighted by molar-refractivity contribution is 5.04. The van der Waals surface area contributed by atoms with Gasteiger partial charge in [0.05, 0.1) is 12.2 Å². The molecule has 3 atom stereocenters. The summed E-state index contributed by atoms with van der Waals surface area (Å²) in [7, 11) is 0. The molecule has 2 rings (SSSR count). The average Bonchev–Trinajstić information content (AvgIpc) is 2.13. The molecule has 1 saturated carbocycles. The summed E-state index contributed by atoms with van der Waals surface area (Å²) >= 11 is 0. The van der Waals surface area contributed by atoms with Crippen LogP contribution in [0.3, 0.4) is 0 Å². The van der Waals surface area contributed by atoms with Gasteiger partial charge in [0.2, 0.25) is 0 Å². The van der Waals surface area contributed by atoms with Crippen LogP contribution in [0, 0.1) is 17.3 Å². The lowest BCUT2D eigenvalue weighted by atomic mass is 9.64. The van der Waals surface area contributed by atoms with Crippen molar-refractivity contribution in [2.75, 3.05) is 13.2 Å². The summed E-state index contributed by atoms with van der Waals surface area (Å²) in [6, 6.07) is 0.494. The highest BCUT2D eigenvalue weighted by Gasteiger charge is 2.50. The number of ether oxygens (including phenoxy) is 1. The van der Waals surface area contributed by atoms with E-state index in [1.54, 1.807) is 0 Å². The highest BCUT2D eigenvalue weighted by atomic mass is 16.5. The lowest BCUT2D eigenvalue weighted by molar-refractivity contribution is -0.157. The summed E-state index contributed by atoms with van der Waals surface area (Å²) in [6.45, 7) is 13.7. The van der Waals surface area contributed by atoms with Crippen LogP contribution in [0.2, 0.25) is 0 Å². The monoisotopic (exact) mass is 239 g/mol. The molecule has 1 heterocycles. The van der Waals surface area contributed by atoms with Crippen molar-refractivity contribution in [3.8, 4) is 0 Å². The molecule has 1 spiro atoms. The Kier molecular flexibility index (Phi) is 3.57. The first kappa shape index (κ1) is 13.4. The van der Waals surface area contributed by atoms with E-state index in [4.69, 9.17) is 4.74 Å². The molecule has 1 N–H and O–H groups in total. The summed E-state index contributed by atoms with van der Waals surface area (Å²) in [5, 5.41) is 3.74.